The van der Waals surface area contributed by atoms with Gasteiger partial charge in [0.2, 0.25) is 0 Å². The Balaban J connectivity index is 2.27. The number of halogens is 2. The van der Waals surface area contributed by atoms with E-state index < -0.39 is 11.6 Å². The van der Waals surface area contributed by atoms with Crippen molar-refractivity contribution in [3.63, 3.8) is 0 Å². The normalized spacial score (nSPS) is 10.8. The third-order valence-electron chi connectivity index (χ3n) is 2.30. The van der Waals surface area contributed by atoms with E-state index in [1.54, 1.807) is 5.38 Å². The maximum Gasteiger partial charge on any atom is 0.133 e. The molecule has 0 radical (unpaired) electrons. The van der Waals surface area contributed by atoms with Crippen LogP contribution in [0.3, 0.4) is 0 Å². The van der Waals surface area contributed by atoms with E-state index in [9.17, 15) is 8.78 Å². The van der Waals surface area contributed by atoms with E-state index in [-0.39, 0.29) is 12.2 Å². The summed E-state index contributed by atoms with van der Waals surface area (Å²) in [4.78, 5) is 4.22. The molecule has 0 fully saturated rings. The maximum atomic E-state index is 13.5. The molecule has 1 aromatic heterocycles. The van der Waals surface area contributed by atoms with Gasteiger partial charge in [0.1, 0.15) is 16.6 Å². The number of aliphatic hydroxyl groups is 1. The Labute approximate surface area is 102 Å². The van der Waals surface area contributed by atoms with Gasteiger partial charge in [0.25, 0.3) is 0 Å². The summed E-state index contributed by atoms with van der Waals surface area (Å²) in [6, 6.07) is 3.32. The number of hydrogen-bond donors (Lipinski definition) is 1. The first kappa shape index (κ1) is 12.1. The number of thiazole rings is 1. The summed E-state index contributed by atoms with van der Waals surface area (Å²) in [6.07, 6.45) is 1.26. The fourth-order valence-electron chi connectivity index (χ4n) is 1.47. The molecule has 1 heterocycles. The zero-order chi connectivity index (χ0) is 12.3. The Morgan fingerprint density at radius 1 is 1.29 bits per heavy atom. The monoisotopic (exact) mass is 255 g/mol. The lowest BCUT2D eigenvalue weighted by Crippen LogP contribution is -1.90. The second kappa shape index (κ2) is 5.33. The quantitative estimate of drug-likeness (QED) is 0.911. The first-order chi connectivity index (χ1) is 8.20. The van der Waals surface area contributed by atoms with E-state index in [4.69, 9.17) is 5.11 Å². The van der Waals surface area contributed by atoms with Crippen LogP contribution in [0.25, 0.3) is 10.6 Å². The standard InChI is InChI=1S/C12H11F2NOS/c13-8-3-4-11(14)10(6-8)12-15-9(7-17-12)2-1-5-16/h3-4,6-7,16H,1-2,5H2. The van der Waals surface area contributed by atoms with E-state index in [1.165, 1.54) is 11.3 Å². The molecule has 0 aliphatic carbocycles. The zero-order valence-electron chi connectivity index (χ0n) is 8.99. The summed E-state index contributed by atoms with van der Waals surface area (Å²) < 4.78 is 26.5. The highest BCUT2D eigenvalue weighted by atomic mass is 32.1. The van der Waals surface area contributed by atoms with E-state index in [1.807, 2.05) is 0 Å². The van der Waals surface area contributed by atoms with Gasteiger partial charge in [-0.05, 0) is 31.0 Å². The van der Waals surface area contributed by atoms with Gasteiger partial charge in [-0.25, -0.2) is 13.8 Å². The van der Waals surface area contributed by atoms with Crippen LogP contribution in [0.15, 0.2) is 23.6 Å². The summed E-state index contributed by atoms with van der Waals surface area (Å²) in [6.45, 7) is 0.0984. The summed E-state index contributed by atoms with van der Waals surface area (Å²) in [5.41, 5.74) is 0.980. The first-order valence-electron chi connectivity index (χ1n) is 5.21. The van der Waals surface area contributed by atoms with Crippen LogP contribution >= 0.6 is 11.3 Å². The summed E-state index contributed by atoms with van der Waals surface area (Å²) in [7, 11) is 0. The van der Waals surface area contributed by atoms with Gasteiger partial charge >= 0.3 is 0 Å². The van der Waals surface area contributed by atoms with Crippen LogP contribution in [0.4, 0.5) is 8.78 Å². The van der Waals surface area contributed by atoms with E-state index in [0.717, 1.165) is 23.9 Å². The largest absolute Gasteiger partial charge is 0.396 e. The molecule has 2 aromatic rings. The third kappa shape index (κ3) is 2.87. The van der Waals surface area contributed by atoms with Crippen LogP contribution in [0, 0.1) is 11.6 Å². The Morgan fingerprint density at radius 3 is 2.88 bits per heavy atom. The highest BCUT2D eigenvalue weighted by molar-refractivity contribution is 7.13. The lowest BCUT2D eigenvalue weighted by atomic mass is 10.2. The van der Waals surface area contributed by atoms with Crippen LogP contribution in [-0.2, 0) is 6.42 Å². The molecular formula is C12H11F2NOS. The fraction of sp³-hybridized carbons (Fsp3) is 0.250. The fourth-order valence-corrected chi connectivity index (χ4v) is 2.34. The molecular weight excluding hydrogens is 244 g/mol. The van der Waals surface area contributed by atoms with E-state index in [2.05, 4.69) is 4.98 Å². The van der Waals surface area contributed by atoms with Crippen molar-refractivity contribution in [1.82, 2.24) is 4.98 Å². The van der Waals surface area contributed by atoms with Gasteiger partial charge in [0, 0.05) is 17.6 Å². The molecule has 2 nitrogen and oxygen atoms in total. The minimum absolute atomic E-state index is 0.0984. The molecule has 0 aliphatic rings. The summed E-state index contributed by atoms with van der Waals surface area (Å²) in [5.74, 6) is -0.956. The molecule has 0 aliphatic heterocycles. The lowest BCUT2D eigenvalue weighted by Gasteiger charge is -1.98. The number of benzene rings is 1. The number of nitrogens with zero attached hydrogens (tertiary/aromatic N) is 1. The van der Waals surface area contributed by atoms with Crippen molar-refractivity contribution < 1.29 is 13.9 Å². The molecule has 0 atom stereocenters. The number of aryl methyl sites for hydroxylation is 1. The van der Waals surface area contributed by atoms with Gasteiger partial charge in [0.05, 0.1) is 5.69 Å². The molecule has 5 heteroatoms. The molecule has 0 saturated carbocycles. The van der Waals surface area contributed by atoms with Gasteiger partial charge in [0.15, 0.2) is 0 Å². The van der Waals surface area contributed by atoms with Crippen molar-refractivity contribution in [2.24, 2.45) is 0 Å². The highest BCUT2D eigenvalue weighted by Gasteiger charge is 2.10. The second-order valence-corrected chi connectivity index (χ2v) is 4.45. The number of aromatic nitrogens is 1. The smallest absolute Gasteiger partial charge is 0.133 e. The topological polar surface area (TPSA) is 33.1 Å². The molecule has 0 bridgehead atoms. The van der Waals surface area contributed by atoms with Crippen LogP contribution in [0.5, 0.6) is 0 Å². The van der Waals surface area contributed by atoms with E-state index in [0.29, 0.717) is 17.8 Å². The van der Waals surface area contributed by atoms with Crippen molar-refractivity contribution in [2.75, 3.05) is 6.61 Å². The summed E-state index contributed by atoms with van der Waals surface area (Å²) in [5, 5.41) is 11.0. The van der Waals surface area contributed by atoms with Crippen molar-refractivity contribution in [1.29, 1.82) is 0 Å². The first-order valence-corrected chi connectivity index (χ1v) is 6.09. The van der Waals surface area contributed by atoms with Crippen LogP contribution in [-0.4, -0.2) is 16.7 Å². The predicted octanol–water partition coefficient (Wildman–Crippen LogP) is 3.01. The maximum absolute atomic E-state index is 13.5. The minimum Gasteiger partial charge on any atom is -0.396 e. The van der Waals surface area contributed by atoms with Gasteiger partial charge < -0.3 is 5.11 Å². The molecule has 0 saturated heterocycles. The molecule has 0 amide bonds. The molecule has 90 valence electrons. The number of hydrogen-bond acceptors (Lipinski definition) is 3. The molecule has 1 N–H and O–H groups in total. The molecule has 1 aromatic carbocycles. The van der Waals surface area contributed by atoms with Crippen molar-refractivity contribution in [2.45, 2.75) is 12.8 Å². The highest BCUT2D eigenvalue weighted by Crippen LogP contribution is 2.27. The zero-order valence-corrected chi connectivity index (χ0v) is 9.81. The van der Waals surface area contributed by atoms with Gasteiger partial charge in [-0.3, -0.25) is 0 Å². The second-order valence-electron chi connectivity index (χ2n) is 3.60. The average Bonchev–Trinajstić information content (AvgIpc) is 2.78. The van der Waals surface area contributed by atoms with Gasteiger partial charge in [-0.1, -0.05) is 0 Å². The van der Waals surface area contributed by atoms with E-state index >= 15 is 0 Å². The summed E-state index contributed by atoms with van der Waals surface area (Å²) >= 11 is 1.28. The third-order valence-corrected chi connectivity index (χ3v) is 3.23. The Morgan fingerprint density at radius 2 is 2.12 bits per heavy atom. The minimum atomic E-state index is -0.478. The van der Waals surface area contributed by atoms with Crippen molar-refractivity contribution in [3.05, 3.63) is 40.9 Å². The van der Waals surface area contributed by atoms with Crippen LogP contribution < -0.4 is 0 Å². The average molecular weight is 255 g/mol. The lowest BCUT2D eigenvalue weighted by molar-refractivity contribution is 0.288. The Bertz CT molecular complexity index is 513. The number of rotatable bonds is 4. The van der Waals surface area contributed by atoms with Crippen molar-refractivity contribution in [3.8, 4) is 10.6 Å². The van der Waals surface area contributed by atoms with Crippen molar-refractivity contribution >= 4 is 11.3 Å². The van der Waals surface area contributed by atoms with Crippen LogP contribution in [0.2, 0.25) is 0 Å². The SMILES string of the molecule is OCCCc1csc(-c2cc(F)ccc2F)n1. The molecule has 17 heavy (non-hydrogen) atoms. The Kier molecular flexibility index (Phi) is 3.81. The molecule has 0 unspecified atom stereocenters. The number of aliphatic hydroxyl groups excluding tert-OH is 1. The van der Waals surface area contributed by atoms with Gasteiger partial charge in [-0.15, -0.1) is 11.3 Å². The predicted molar refractivity (Wildman–Crippen MR) is 62.9 cm³/mol. The molecule has 0 spiro atoms. The Hall–Kier alpha value is -1.33. The van der Waals surface area contributed by atoms with Crippen LogP contribution in [0.1, 0.15) is 12.1 Å². The molecule has 2 rings (SSSR count). The van der Waals surface area contributed by atoms with Gasteiger partial charge in [-0.2, -0.15) is 0 Å².